The van der Waals surface area contributed by atoms with Gasteiger partial charge in [0.25, 0.3) is 0 Å². The van der Waals surface area contributed by atoms with Crippen molar-refractivity contribution >= 4 is 44.0 Å². The van der Waals surface area contributed by atoms with Crippen molar-refractivity contribution in [2.24, 2.45) is 0 Å². The Kier molecular flexibility index (Phi) is 7.54. The van der Waals surface area contributed by atoms with Gasteiger partial charge in [0.15, 0.2) is 0 Å². The zero-order chi connectivity index (χ0) is 21.6. The van der Waals surface area contributed by atoms with Gasteiger partial charge in [-0.25, -0.2) is 8.42 Å². The summed E-state index contributed by atoms with van der Waals surface area (Å²) in [5.41, 5.74) is 0.820. The third-order valence-corrected chi connectivity index (χ3v) is 6.82. The highest BCUT2D eigenvalue weighted by Gasteiger charge is 2.27. The van der Waals surface area contributed by atoms with Crippen LogP contribution in [0.1, 0.15) is 23.9 Å². The van der Waals surface area contributed by atoms with Crippen LogP contribution in [0.5, 0.6) is 0 Å². The van der Waals surface area contributed by atoms with Crippen molar-refractivity contribution in [2.75, 3.05) is 5.32 Å². The number of aryl methyl sites for hydroxylation is 1. The molecule has 2 aromatic carbocycles. The second-order valence-electron chi connectivity index (χ2n) is 6.56. The summed E-state index contributed by atoms with van der Waals surface area (Å²) in [7, 11) is -3.94. The number of sulfonamides is 1. The van der Waals surface area contributed by atoms with Crippen molar-refractivity contribution in [3.63, 3.8) is 0 Å². The maximum atomic E-state index is 12.9. The van der Waals surface area contributed by atoms with Gasteiger partial charge < -0.3 is 0 Å². The molecule has 30 heavy (non-hydrogen) atoms. The van der Waals surface area contributed by atoms with Crippen LogP contribution in [-0.2, 0) is 27.7 Å². The van der Waals surface area contributed by atoms with E-state index in [0.717, 1.165) is 23.4 Å². The smallest absolute Gasteiger partial charge is 0.244 e. The number of nitrogens with one attached hydrogen (secondary N) is 2. The molecule has 10 heteroatoms. The molecule has 0 saturated heterocycles. The minimum absolute atomic E-state index is 0.0268. The van der Waals surface area contributed by atoms with Crippen molar-refractivity contribution in [1.82, 2.24) is 14.9 Å². The van der Waals surface area contributed by atoms with Crippen LogP contribution < -0.4 is 10.0 Å². The quantitative estimate of drug-likeness (QED) is 0.503. The predicted octanol–water partition coefficient (Wildman–Crippen LogP) is 3.67. The van der Waals surface area contributed by atoms with E-state index in [-0.39, 0.29) is 11.3 Å². The number of aromatic nitrogens is 2. The van der Waals surface area contributed by atoms with E-state index in [9.17, 15) is 13.2 Å². The third kappa shape index (κ3) is 6.09. The van der Waals surface area contributed by atoms with Crippen molar-refractivity contribution in [3.05, 3.63) is 70.2 Å². The maximum absolute atomic E-state index is 12.9. The van der Waals surface area contributed by atoms with E-state index in [1.54, 1.807) is 0 Å². The third-order valence-electron chi connectivity index (χ3n) is 4.18. The largest absolute Gasteiger partial charge is 0.299 e. The zero-order valence-corrected chi connectivity index (χ0v) is 18.6. The second kappa shape index (κ2) is 10.1. The number of carbonyl (C=O) groups excluding carboxylic acids is 1. The molecule has 0 saturated carbocycles. The van der Waals surface area contributed by atoms with Gasteiger partial charge in [-0.1, -0.05) is 60.2 Å². The molecule has 0 aliphatic carbocycles. The number of nitrogens with zero attached hydrogens (tertiary/aromatic N) is 2. The van der Waals surface area contributed by atoms with Crippen LogP contribution in [-0.4, -0.2) is 30.6 Å². The van der Waals surface area contributed by atoms with Gasteiger partial charge in [-0.05, 0) is 42.7 Å². The van der Waals surface area contributed by atoms with Crippen LogP contribution in [0.3, 0.4) is 0 Å². The van der Waals surface area contributed by atoms with Crippen molar-refractivity contribution < 1.29 is 13.2 Å². The first-order valence-electron chi connectivity index (χ1n) is 9.32. The molecule has 0 fully saturated rings. The fourth-order valence-electron chi connectivity index (χ4n) is 2.72. The lowest BCUT2D eigenvalue weighted by Gasteiger charge is -2.18. The number of benzene rings is 2. The topological polar surface area (TPSA) is 101 Å². The number of hydrogen-bond donors (Lipinski definition) is 2. The SMILES string of the molecule is CCCc1nnc(NC(=O)C(Cc2ccccc2)NS(=O)(=O)c2ccc(Cl)cc2)s1. The molecule has 0 aliphatic heterocycles. The molecule has 1 atom stereocenters. The Bertz CT molecular complexity index is 1090. The average Bonchev–Trinajstić information content (AvgIpc) is 3.15. The summed E-state index contributed by atoms with van der Waals surface area (Å²) < 4.78 is 28.2. The molecule has 1 unspecified atom stereocenters. The minimum atomic E-state index is -3.94. The summed E-state index contributed by atoms with van der Waals surface area (Å²) >= 11 is 7.13. The molecule has 158 valence electrons. The average molecular weight is 465 g/mol. The molecule has 1 aromatic heterocycles. The van der Waals surface area contributed by atoms with Crippen LogP contribution in [0, 0.1) is 0 Å². The van der Waals surface area contributed by atoms with Crippen molar-refractivity contribution in [1.29, 1.82) is 0 Å². The zero-order valence-electron chi connectivity index (χ0n) is 16.2. The Morgan fingerprint density at radius 2 is 1.80 bits per heavy atom. The number of anilines is 1. The van der Waals surface area contributed by atoms with E-state index in [4.69, 9.17) is 11.6 Å². The molecule has 0 aliphatic rings. The van der Waals surface area contributed by atoms with Gasteiger partial charge in [0.2, 0.25) is 21.1 Å². The second-order valence-corrected chi connectivity index (χ2v) is 9.77. The van der Waals surface area contributed by atoms with Gasteiger partial charge in [0.05, 0.1) is 4.90 Å². The van der Waals surface area contributed by atoms with E-state index >= 15 is 0 Å². The molecule has 0 radical (unpaired) electrons. The van der Waals surface area contributed by atoms with Gasteiger partial charge >= 0.3 is 0 Å². The molecule has 3 aromatic rings. The molecule has 1 heterocycles. The number of hydrogen-bond acceptors (Lipinski definition) is 6. The minimum Gasteiger partial charge on any atom is -0.299 e. The van der Waals surface area contributed by atoms with Crippen LogP contribution in [0.4, 0.5) is 5.13 Å². The first kappa shape index (κ1) is 22.4. The highest BCUT2D eigenvalue weighted by atomic mass is 35.5. The first-order valence-corrected chi connectivity index (χ1v) is 12.0. The molecule has 3 rings (SSSR count). The number of amides is 1. The Morgan fingerprint density at radius 1 is 1.10 bits per heavy atom. The number of rotatable bonds is 9. The summed E-state index contributed by atoms with van der Waals surface area (Å²) in [6, 6.07) is 13.9. The van der Waals surface area contributed by atoms with Crippen molar-refractivity contribution in [2.45, 2.75) is 37.1 Å². The molecule has 7 nitrogen and oxygen atoms in total. The Balaban J connectivity index is 1.81. The van der Waals surface area contributed by atoms with Crippen LogP contribution in [0.2, 0.25) is 5.02 Å². The standard InChI is InChI=1S/C20H21ClN4O3S2/c1-2-6-18-23-24-20(29-18)22-19(26)17(13-14-7-4-3-5-8-14)25-30(27,28)16-11-9-15(21)10-12-16/h3-5,7-12,17,25H,2,6,13H2,1H3,(H,22,24,26). The normalized spacial score (nSPS) is 12.5. The summed E-state index contributed by atoms with van der Waals surface area (Å²) in [5, 5.41) is 12.3. The molecule has 0 bridgehead atoms. The fourth-order valence-corrected chi connectivity index (χ4v) is 4.88. The van der Waals surface area contributed by atoms with Crippen LogP contribution in [0.25, 0.3) is 0 Å². The summed E-state index contributed by atoms with van der Waals surface area (Å²) in [5.74, 6) is -0.504. The van der Waals surface area contributed by atoms with Gasteiger partial charge in [0, 0.05) is 11.4 Å². The van der Waals surface area contributed by atoms with E-state index < -0.39 is 22.0 Å². The van der Waals surface area contributed by atoms with Gasteiger partial charge in [-0.3, -0.25) is 10.1 Å². The lowest BCUT2D eigenvalue weighted by molar-refractivity contribution is -0.117. The highest BCUT2D eigenvalue weighted by Crippen LogP contribution is 2.19. The number of carbonyl (C=O) groups is 1. The van der Waals surface area contributed by atoms with Gasteiger partial charge in [-0.15, -0.1) is 10.2 Å². The summed E-state index contributed by atoms with van der Waals surface area (Å²) in [6.07, 6.45) is 1.87. The van der Waals surface area contributed by atoms with E-state index in [2.05, 4.69) is 20.2 Å². The van der Waals surface area contributed by atoms with Gasteiger partial charge in [-0.2, -0.15) is 4.72 Å². The fraction of sp³-hybridized carbons (Fsp3) is 0.250. The molecular weight excluding hydrogens is 444 g/mol. The summed E-state index contributed by atoms with van der Waals surface area (Å²) in [4.78, 5) is 13.0. The molecule has 0 spiro atoms. The van der Waals surface area contributed by atoms with Gasteiger partial charge in [0.1, 0.15) is 11.0 Å². The lowest BCUT2D eigenvalue weighted by Crippen LogP contribution is -2.45. The lowest BCUT2D eigenvalue weighted by atomic mass is 10.1. The Morgan fingerprint density at radius 3 is 2.47 bits per heavy atom. The van der Waals surface area contributed by atoms with Crippen molar-refractivity contribution in [3.8, 4) is 0 Å². The molecular formula is C20H21ClN4O3S2. The predicted molar refractivity (Wildman–Crippen MR) is 118 cm³/mol. The van der Waals surface area contributed by atoms with Crippen LogP contribution >= 0.6 is 22.9 Å². The molecule has 1 amide bonds. The molecule has 2 N–H and O–H groups in total. The monoisotopic (exact) mass is 464 g/mol. The number of halogens is 1. The van der Waals surface area contributed by atoms with Crippen LogP contribution in [0.15, 0.2) is 59.5 Å². The Labute approximate surface area is 184 Å². The summed E-state index contributed by atoms with van der Waals surface area (Å²) in [6.45, 7) is 2.03. The first-order chi connectivity index (χ1) is 14.4. The highest BCUT2D eigenvalue weighted by molar-refractivity contribution is 7.89. The van der Waals surface area contributed by atoms with E-state index in [0.29, 0.717) is 10.2 Å². The maximum Gasteiger partial charge on any atom is 0.244 e. The van der Waals surface area contributed by atoms with E-state index in [1.165, 1.54) is 35.6 Å². The van der Waals surface area contributed by atoms with E-state index in [1.807, 2.05) is 37.3 Å². The Hall–Kier alpha value is -2.33.